The third-order valence-electron chi connectivity index (χ3n) is 1.83. The van der Waals surface area contributed by atoms with E-state index < -0.39 is 5.82 Å². The number of halogens is 1. The Bertz CT molecular complexity index is 369. The zero-order valence-electron chi connectivity index (χ0n) is 9.34. The monoisotopic (exact) mass is 226 g/mol. The number of hydrogen-bond donors (Lipinski definition) is 2. The van der Waals surface area contributed by atoms with Crippen LogP contribution in [0.5, 0.6) is 5.75 Å². The molecule has 1 aromatic rings. The van der Waals surface area contributed by atoms with Crippen molar-refractivity contribution < 1.29 is 13.9 Å². The van der Waals surface area contributed by atoms with Crippen LogP contribution in [0.3, 0.4) is 0 Å². The molecule has 0 aliphatic rings. The zero-order valence-corrected chi connectivity index (χ0v) is 9.34. The van der Waals surface area contributed by atoms with Crippen LogP contribution in [0.25, 0.3) is 0 Å². The molecule has 1 aromatic carbocycles. The van der Waals surface area contributed by atoms with E-state index >= 15 is 0 Å². The van der Waals surface area contributed by atoms with Crippen LogP contribution in [0, 0.1) is 5.82 Å². The molecule has 0 fully saturated rings. The third-order valence-corrected chi connectivity index (χ3v) is 1.83. The molecule has 5 heteroatoms. The Labute approximate surface area is 93.8 Å². The normalized spacial score (nSPS) is 9.69. The van der Waals surface area contributed by atoms with Crippen LogP contribution < -0.4 is 15.4 Å². The highest BCUT2D eigenvalue weighted by Gasteiger charge is 2.05. The number of rotatable bonds is 4. The molecule has 0 heterocycles. The topological polar surface area (TPSA) is 50.4 Å². The van der Waals surface area contributed by atoms with Crippen molar-refractivity contribution in [2.45, 2.75) is 13.8 Å². The number of amides is 2. The lowest BCUT2D eigenvalue weighted by Crippen LogP contribution is -2.28. The van der Waals surface area contributed by atoms with Crippen LogP contribution in [0.2, 0.25) is 0 Å². The van der Waals surface area contributed by atoms with Crippen molar-refractivity contribution in [1.29, 1.82) is 0 Å². The first-order valence-corrected chi connectivity index (χ1v) is 5.14. The maximum absolute atomic E-state index is 13.4. The summed E-state index contributed by atoms with van der Waals surface area (Å²) in [5.74, 6) is -0.305. The molecule has 0 radical (unpaired) electrons. The van der Waals surface area contributed by atoms with Crippen molar-refractivity contribution in [3.05, 3.63) is 24.0 Å². The summed E-state index contributed by atoms with van der Waals surface area (Å²) in [7, 11) is 0. The molecular weight excluding hydrogens is 211 g/mol. The minimum atomic E-state index is -0.490. The van der Waals surface area contributed by atoms with Gasteiger partial charge in [0.2, 0.25) is 0 Å². The third kappa shape index (κ3) is 3.42. The molecule has 0 aliphatic heterocycles. The van der Waals surface area contributed by atoms with Gasteiger partial charge in [-0.05, 0) is 26.0 Å². The zero-order chi connectivity index (χ0) is 12.0. The second-order valence-electron chi connectivity index (χ2n) is 3.06. The fraction of sp³-hybridized carbons (Fsp3) is 0.364. The molecule has 0 atom stereocenters. The Kier molecular flexibility index (Phi) is 4.57. The quantitative estimate of drug-likeness (QED) is 0.828. The Morgan fingerprint density at radius 2 is 2.19 bits per heavy atom. The van der Waals surface area contributed by atoms with Crippen molar-refractivity contribution in [1.82, 2.24) is 5.32 Å². The first kappa shape index (κ1) is 12.3. The predicted molar refractivity (Wildman–Crippen MR) is 60.3 cm³/mol. The van der Waals surface area contributed by atoms with Gasteiger partial charge >= 0.3 is 6.03 Å². The maximum atomic E-state index is 13.4. The SMILES string of the molecule is CCNC(=O)Nc1ccc(OCC)c(F)c1. The second-order valence-corrected chi connectivity index (χ2v) is 3.06. The number of hydrogen-bond acceptors (Lipinski definition) is 2. The highest BCUT2D eigenvalue weighted by Crippen LogP contribution is 2.20. The summed E-state index contributed by atoms with van der Waals surface area (Å²) in [5, 5.41) is 5.06. The van der Waals surface area contributed by atoms with E-state index in [1.54, 1.807) is 19.9 Å². The van der Waals surface area contributed by atoms with Crippen molar-refractivity contribution >= 4 is 11.7 Å². The minimum absolute atomic E-state index is 0.184. The molecule has 2 N–H and O–H groups in total. The Morgan fingerprint density at radius 3 is 2.75 bits per heavy atom. The molecule has 2 amide bonds. The Hall–Kier alpha value is -1.78. The van der Waals surface area contributed by atoms with Gasteiger partial charge < -0.3 is 15.4 Å². The molecule has 0 spiro atoms. The summed E-state index contributed by atoms with van der Waals surface area (Å²) in [6.45, 7) is 4.50. The molecule has 0 aromatic heterocycles. The van der Waals surface area contributed by atoms with Gasteiger partial charge in [0.05, 0.1) is 6.61 Å². The standard InChI is InChI=1S/C11H15FN2O2/c1-3-13-11(15)14-8-5-6-10(16-4-2)9(12)7-8/h5-7H,3-4H2,1-2H3,(H2,13,14,15). The molecule has 4 nitrogen and oxygen atoms in total. The van der Waals surface area contributed by atoms with Gasteiger partial charge in [0.25, 0.3) is 0 Å². The van der Waals surface area contributed by atoms with E-state index in [0.29, 0.717) is 18.8 Å². The van der Waals surface area contributed by atoms with E-state index in [-0.39, 0.29) is 11.8 Å². The Balaban J connectivity index is 2.69. The lowest BCUT2D eigenvalue weighted by molar-refractivity contribution is 0.252. The summed E-state index contributed by atoms with van der Waals surface area (Å²) >= 11 is 0. The summed E-state index contributed by atoms with van der Waals surface area (Å²) in [5.41, 5.74) is 0.395. The van der Waals surface area contributed by atoms with E-state index in [4.69, 9.17) is 4.74 Å². The first-order valence-electron chi connectivity index (χ1n) is 5.14. The number of carbonyl (C=O) groups is 1. The van der Waals surface area contributed by atoms with Crippen molar-refractivity contribution in [3.8, 4) is 5.75 Å². The Morgan fingerprint density at radius 1 is 1.44 bits per heavy atom. The van der Waals surface area contributed by atoms with Gasteiger partial charge in [-0.25, -0.2) is 9.18 Å². The van der Waals surface area contributed by atoms with Crippen molar-refractivity contribution in [2.75, 3.05) is 18.5 Å². The molecule has 16 heavy (non-hydrogen) atoms. The second kappa shape index (κ2) is 5.95. The lowest BCUT2D eigenvalue weighted by atomic mass is 10.3. The molecule has 0 saturated carbocycles. The van der Waals surface area contributed by atoms with E-state index in [0.717, 1.165) is 0 Å². The number of ether oxygens (including phenoxy) is 1. The molecule has 88 valence electrons. The molecule has 0 bridgehead atoms. The fourth-order valence-corrected chi connectivity index (χ4v) is 1.19. The van der Waals surface area contributed by atoms with Crippen molar-refractivity contribution in [2.24, 2.45) is 0 Å². The highest BCUT2D eigenvalue weighted by atomic mass is 19.1. The number of anilines is 1. The van der Waals surface area contributed by atoms with E-state index in [2.05, 4.69) is 10.6 Å². The van der Waals surface area contributed by atoms with Crippen molar-refractivity contribution in [3.63, 3.8) is 0 Å². The summed E-state index contributed by atoms with van der Waals surface area (Å²) in [4.78, 5) is 11.2. The van der Waals surface area contributed by atoms with Crippen LogP contribution >= 0.6 is 0 Å². The van der Waals surface area contributed by atoms with Crippen LogP contribution in [-0.4, -0.2) is 19.2 Å². The summed E-state index contributed by atoms with van der Waals surface area (Å²) in [6, 6.07) is 3.94. The minimum Gasteiger partial charge on any atom is -0.491 e. The van der Waals surface area contributed by atoms with Gasteiger partial charge in [-0.3, -0.25) is 0 Å². The van der Waals surface area contributed by atoms with Gasteiger partial charge in [0, 0.05) is 18.3 Å². The number of nitrogens with one attached hydrogen (secondary N) is 2. The smallest absolute Gasteiger partial charge is 0.319 e. The van der Waals surface area contributed by atoms with Gasteiger partial charge in [-0.1, -0.05) is 0 Å². The average molecular weight is 226 g/mol. The largest absolute Gasteiger partial charge is 0.491 e. The van der Waals surface area contributed by atoms with Crippen LogP contribution in [-0.2, 0) is 0 Å². The van der Waals surface area contributed by atoms with Gasteiger partial charge in [-0.15, -0.1) is 0 Å². The molecule has 0 saturated heterocycles. The first-order chi connectivity index (χ1) is 7.67. The van der Waals surface area contributed by atoms with E-state index in [1.807, 2.05) is 0 Å². The van der Waals surface area contributed by atoms with Crippen LogP contribution in [0.1, 0.15) is 13.8 Å². The molecule has 0 aliphatic carbocycles. The predicted octanol–water partition coefficient (Wildman–Crippen LogP) is 2.37. The van der Waals surface area contributed by atoms with Gasteiger partial charge in [0.15, 0.2) is 11.6 Å². The summed E-state index contributed by atoms with van der Waals surface area (Å²) < 4.78 is 18.4. The molecule has 1 rings (SSSR count). The van der Waals surface area contributed by atoms with Crippen LogP contribution in [0.15, 0.2) is 18.2 Å². The molecular formula is C11H15FN2O2. The van der Waals surface area contributed by atoms with E-state index in [1.165, 1.54) is 12.1 Å². The van der Waals surface area contributed by atoms with Crippen LogP contribution in [0.4, 0.5) is 14.9 Å². The average Bonchev–Trinajstić information content (AvgIpc) is 2.22. The summed E-state index contributed by atoms with van der Waals surface area (Å²) in [6.07, 6.45) is 0. The lowest BCUT2D eigenvalue weighted by Gasteiger charge is -2.08. The van der Waals surface area contributed by atoms with Gasteiger partial charge in [-0.2, -0.15) is 0 Å². The fourth-order valence-electron chi connectivity index (χ4n) is 1.19. The maximum Gasteiger partial charge on any atom is 0.319 e. The number of benzene rings is 1. The molecule has 0 unspecified atom stereocenters. The highest BCUT2D eigenvalue weighted by molar-refractivity contribution is 5.89. The number of urea groups is 1. The number of carbonyl (C=O) groups excluding carboxylic acids is 1. The van der Waals surface area contributed by atoms with Gasteiger partial charge in [0.1, 0.15) is 0 Å². The van der Waals surface area contributed by atoms with E-state index in [9.17, 15) is 9.18 Å².